The number of fused-ring (bicyclic) bond motifs is 3. The normalized spacial score (nSPS) is 25.0. The summed E-state index contributed by atoms with van der Waals surface area (Å²) in [5, 5.41) is 0.565. The number of carbonyl (C=O) groups excluding carboxylic acids is 1. The number of amides is 1. The van der Waals surface area contributed by atoms with Crippen LogP contribution in [0.3, 0.4) is 0 Å². The number of rotatable bonds is 6. The van der Waals surface area contributed by atoms with Gasteiger partial charge >= 0.3 is 0 Å². The van der Waals surface area contributed by atoms with Gasteiger partial charge < -0.3 is 19.3 Å². The fourth-order valence-electron chi connectivity index (χ4n) is 5.41. The number of anilines is 1. The molecule has 32 heavy (non-hydrogen) atoms. The molecule has 2 fully saturated rings. The molecule has 2 saturated heterocycles. The monoisotopic (exact) mass is 454 g/mol. The van der Waals surface area contributed by atoms with Gasteiger partial charge in [0, 0.05) is 29.9 Å². The van der Waals surface area contributed by atoms with Crippen LogP contribution in [0.2, 0.25) is 5.02 Å². The van der Waals surface area contributed by atoms with Gasteiger partial charge in [0.2, 0.25) is 0 Å². The first-order valence-electron chi connectivity index (χ1n) is 11.8. The summed E-state index contributed by atoms with van der Waals surface area (Å²) in [6.45, 7) is 3.39. The van der Waals surface area contributed by atoms with Crippen molar-refractivity contribution in [2.45, 2.75) is 63.6 Å². The first kappa shape index (κ1) is 21.6. The van der Waals surface area contributed by atoms with Crippen LogP contribution in [0.1, 0.15) is 54.9 Å². The summed E-state index contributed by atoms with van der Waals surface area (Å²) in [6, 6.07) is 12.7. The fourth-order valence-corrected chi connectivity index (χ4v) is 5.63. The van der Waals surface area contributed by atoms with Crippen LogP contribution in [0.4, 0.5) is 5.69 Å². The van der Waals surface area contributed by atoms with Gasteiger partial charge in [-0.25, -0.2) is 0 Å². The van der Waals surface area contributed by atoms with E-state index in [0.29, 0.717) is 36.0 Å². The average molecular weight is 455 g/mol. The Kier molecular flexibility index (Phi) is 6.04. The van der Waals surface area contributed by atoms with Crippen molar-refractivity contribution in [3.05, 3.63) is 52.5 Å². The molecular weight excluding hydrogens is 424 g/mol. The topological polar surface area (TPSA) is 42.0 Å². The van der Waals surface area contributed by atoms with E-state index < -0.39 is 0 Å². The quantitative estimate of drug-likeness (QED) is 0.591. The van der Waals surface area contributed by atoms with Gasteiger partial charge in [-0.05, 0) is 87.5 Å². The molecule has 0 radical (unpaired) electrons. The van der Waals surface area contributed by atoms with Crippen LogP contribution >= 0.6 is 11.6 Å². The van der Waals surface area contributed by atoms with Crippen molar-refractivity contribution < 1.29 is 14.3 Å². The van der Waals surface area contributed by atoms with Gasteiger partial charge in [-0.15, -0.1) is 0 Å². The number of piperidine rings is 1. The lowest BCUT2D eigenvalue weighted by atomic mass is 9.98. The second-order valence-corrected chi connectivity index (χ2v) is 9.66. The van der Waals surface area contributed by atoms with E-state index in [-0.39, 0.29) is 12.0 Å². The maximum Gasteiger partial charge on any atom is 0.258 e. The number of carbonyl (C=O) groups is 1. The Morgan fingerprint density at radius 2 is 1.88 bits per heavy atom. The second kappa shape index (κ2) is 8.95. The Hall–Kier alpha value is -2.24. The molecule has 5 rings (SSSR count). The van der Waals surface area contributed by atoms with Crippen LogP contribution in [0.25, 0.3) is 0 Å². The van der Waals surface area contributed by atoms with E-state index >= 15 is 0 Å². The first-order valence-corrected chi connectivity index (χ1v) is 12.2. The molecule has 2 aromatic carbocycles. The molecule has 1 unspecified atom stereocenters. The third-order valence-corrected chi connectivity index (χ3v) is 7.50. The van der Waals surface area contributed by atoms with Crippen molar-refractivity contribution >= 4 is 23.2 Å². The summed E-state index contributed by atoms with van der Waals surface area (Å²) in [5.74, 6) is 1.55. The molecule has 0 aliphatic carbocycles. The Balaban J connectivity index is 1.29. The van der Waals surface area contributed by atoms with Gasteiger partial charge in [0.15, 0.2) is 0 Å². The van der Waals surface area contributed by atoms with Crippen molar-refractivity contribution in [3.63, 3.8) is 0 Å². The third-order valence-electron chi connectivity index (χ3n) is 7.21. The van der Waals surface area contributed by atoms with Crippen molar-refractivity contribution in [3.8, 4) is 11.5 Å². The van der Waals surface area contributed by atoms with E-state index in [0.717, 1.165) is 48.2 Å². The van der Waals surface area contributed by atoms with E-state index in [1.54, 1.807) is 4.90 Å². The van der Waals surface area contributed by atoms with Crippen molar-refractivity contribution in [1.29, 1.82) is 0 Å². The lowest BCUT2D eigenvalue weighted by Crippen LogP contribution is -2.43. The zero-order valence-electron chi connectivity index (χ0n) is 18.9. The molecule has 170 valence electrons. The zero-order valence-corrected chi connectivity index (χ0v) is 19.6. The Bertz CT molecular complexity index is 997. The SMILES string of the molecule is CCCOc1ccc2c(c1)CCN(c1ccc(OC3C[C@H]4CC[C@@H](C3)N4C)c(Cl)c1)C2=O. The molecule has 3 aliphatic rings. The average Bonchev–Trinajstić information content (AvgIpc) is 2.99. The molecule has 0 saturated carbocycles. The van der Waals surface area contributed by atoms with Crippen molar-refractivity contribution in [2.75, 3.05) is 25.1 Å². The number of nitrogens with zero attached hydrogens (tertiary/aromatic N) is 2. The highest BCUT2D eigenvalue weighted by atomic mass is 35.5. The first-order chi connectivity index (χ1) is 15.5. The summed E-state index contributed by atoms with van der Waals surface area (Å²) in [5.41, 5.74) is 2.59. The molecule has 2 aromatic rings. The van der Waals surface area contributed by atoms with E-state index in [1.807, 2.05) is 36.4 Å². The molecule has 2 bridgehead atoms. The van der Waals surface area contributed by atoms with Crippen LogP contribution in [0, 0.1) is 0 Å². The summed E-state index contributed by atoms with van der Waals surface area (Å²) in [4.78, 5) is 17.5. The summed E-state index contributed by atoms with van der Waals surface area (Å²) >= 11 is 6.61. The second-order valence-electron chi connectivity index (χ2n) is 9.25. The summed E-state index contributed by atoms with van der Waals surface area (Å²) in [6.07, 6.45) is 6.59. The van der Waals surface area contributed by atoms with E-state index in [9.17, 15) is 4.79 Å². The lowest BCUT2D eigenvalue weighted by molar-refractivity contribution is 0.0662. The van der Waals surface area contributed by atoms with Crippen LogP contribution < -0.4 is 14.4 Å². The van der Waals surface area contributed by atoms with E-state index in [2.05, 4.69) is 18.9 Å². The molecular formula is C26H31ClN2O3. The van der Waals surface area contributed by atoms with Gasteiger partial charge in [0.25, 0.3) is 5.91 Å². The minimum atomic E-state index is 0.00456. The predicted octanol–water partition coefficient (Wildman–Crippen LogP) is 5.34. The van der Waals surface area contributed by atoms with Gasteiger partial charge in [-0.2, -0.15) is 0 Å². The zero-order chi connectivity index (χ0) is 22.2. The molecule has 0 aromatic heterocycles. The van der Waals surface area contributed by atoms with E-state index in [4.69, 9.17) is 21.1 Å². The highest BCUT2D eigenvalue weighted by Crippen LogP contribution is 2.38. The fraction of sp³-hybridized carbons (Fsp3) is 0.500. The highest BCUT2D eigenvalue weighted by molar-refractivity contribution is 6.32. The molecule has 3 aliphatic heterocycles. The van der Waals surface area contributed by atoms with Crippen LogP contribution in [0.15, 0.2) is 36.4 Å². The van der Waals surface area contributed by atoms with Gasteiger partial charge in [-0.1, -0.05) is 18.5 Å². The lowest BCUT2D eigenvalue weighted by Gasteiger charge is -2.36. The molecule has 1 amide bonds. The molecule has 5 nitrogen and oxygen atoms in total. The standard InChI is InChI=1S/C26H31ClN2O3/c1-3-12-31-21-7-8-23-17(13-21)10-11-29(26(23)30)20-6-9-25(24(27)16-20)32-22-14-18-4-5-19(15-22)28(18)2/h6-9,13,16,18-19,22H,3-5,10-12,14-15H2,1-2H3/t18-,19+,22?. The molecule has 3 atom stereocenters. The smallest absolute Gasteiger partial charge is 0.258 e. The Morgan fingerprint density at radius 3 is 2.59 bits per heavy atom. The largest absolute Gasteiger partial charge is 0.494 e. The van der Waals surface area contributed by atoms with E-state index in [1.165, 1.54) is 12.8 Å². The van der Waals surface area contributed by atoms with Crippen LogP contribution in [0.5, 0.6) is 11.5 Å². The minimum absolute atomic E-state index is 0.00456. The van der Waals surface area contributed by atoms with Crippen LogP contribution in [-0.2, 0) is 6.42 Å². The highest BCUT2D eigenvalue weighted by Gasteiger charge is 2.39. The van der Waals surface area contributed by atoms with Gasteiger partial charge in [-0.3, -0.25) is 4.79 Å². The van der Waals surface area contributed by atoms with Gasteiger partial charge in [0.1, 0.15) is 17.6 Å². The maximum absolute atomic E-state index is 13.2. The van der Waals surface area contributed by atoms with Gasteiger partial charge in [0.05, 0.1) is 11.6 Å². The molecule has 3 heterocycles. The third kappa shape index (κ3) is 4.08. The van der Waals surface area contributed by atoms with Crippen molar-refractivity contribution in [1.82, 2.24) is 4.90 Å². The number of hydrogen-bond acceptors (Lipinski definition) is 4. The molecule has 6 heteroatoms. The number of hydrogen-bond donors (Lipinski definition) is 0. The summed E-state index contributed by atoms with van der Waals surface area (Å²) < 4.78 is 12.0. The van der Waals surface area contributed by atoms with Crippen molar-refractivity contribution in [2.24, 2.45) is 0 Å². The maximum atomic E-state index is 13.2. The minimum Gasteiger partial charge on any atom is -0.494 e. The Morgan fingerprint density at radius 1 is 1.09 bits per heavy atom. The predicted molar refractivity (Wildman–Crippen MR) is 127 cm³/mol. The Labute approximate surface area is 195 Å². The number of halogens is 1. The molecule has 0 N–H and O–H groups in total. The van der Waals surface area contributed by atoms with Crippen LogP contribution in [-0.4, -0.2) is 49.2 Å². The number of ether oxygens (including phenoxy) is 2. The summed E-state index contributed by atoms with van der Waals surface area (Å²) in [7, 11) is 2.23. The molecule has 0 spiro atoms. The number of benzene rings is 2.